The quantitative estimate of drug-likeness (QED) is 0.0155. The van der Waals surface area contributed by atoms with Gasteiger partial charge in [0.15, 0.2) is 0 Å². The highest BCUT2D eigenvalue weighted by atomic mass is 17.2. The molecule has 12 heteroatoms. The fraction of sp³-hybridized carbons (Fsp3) is 0.773. The number of carbonyl (C=O) groups excluding carboxylic acids is 4. The minimum atomic E-state index is -0.798. The Bertz CT molecular complexity index is 1150. The first kappa shape index (κ1) is 48.8. The lowest BCUT2D eigenvalue weighted by Crippen LogP contribution is -2.28. The van der Waals surface area contributed by atoms with Gasteiger partial charge in [-0.2, -0.15) is 0 Å². The summed E-state index contributed by atoms with van der Waals surface area (Å²) in [5, 5.41) is 17.9. The summed E-state index contributed by atoms with van der Waals surface area (Å²) in [6.45, 7) is 4.30. The van der Waals surface area contributed by atoms with E-state index in [-0.39, 0.29) is 37.5 Å². The largest absolute Gasteiger partial charge is 0.481 e. The molecule has 56 heavy (non-hydrogen) atoms. The van der Waals surface area contributed by atoms with E-state index in [2.05, 4.69) is 26.0 Å². The Balaban J connectivity index is 2.24. The standard InChI is InChI=1S/C44H70O12/c1-3-5-7-11-19-25-35(29-33(37-31-41(49)53-43(37)51)23-17-13-9-15-21-27-39(45)46)55-56-36(26-20-12-8-6-4-2)30-34(38-32-42(50)54-44(38)52)24-18-14-10-16-22-28-40(47)48/h19-20,25-26,33-38H,3-18,21-24,27-32H2,1-2H3,(H,45,46)(H,47,48). The van der Waals surface area contributed by atoms with Crippen molar-refractivity contribution >= 4 is 35.8 Å². The fourth-order valence-corrected chi connectivity index (χ4v) is 7.66. The summed E-state index contributed by atoms with van der Waals surface area (Å²) in [6, 6.07) is 0. The van der Waals surface area contributed by atoms with Crippen LogP contribution >= 0.6 is 0 Å². The minimum absolute atomic E-state index is 0.0243. The normalized spacial score (nSPS) is 19.5. The number of allylic oxidation sites excluding steroid dienone is 2. The summed E-state index contributed by atoms with van der Waals surface area (Å²) in [4.78, 5) is 84.3. The molecule has 0 spiro atoms. The minimum Gasteiger partial charge on any atom is -0.481 e. The van der Waals surface area contributed by atoms with E-state index in [0.717, 1.165) is 103 Å². The first-order chi connectivity index (χ1) is 27.0. The number of hydrogen-bond donors (Lipinski definition) is 2. The van der Waals surface area contributed by atoms with Crippen LogP contribution in [0.5, 0.6) is 0 Å². The van der Waals surface area contributed by atoms with Crippen LogP contribution in [0.25, 0.3) is 0 Å². The van der Waals surface area contributed by atoms with E-state index in [1.165, 1.54) is 0 Å². The fourth-order valence-electron chi connectivity index (χ4n) is 7.66. The molecule has 0 aromatic carbocycles. The average Bonchev–Trinajstić information content (AvgIpc) is 3.68. The third-order valence-electron chi connectivity index (χ3n) is 10.9. The molecule has 6 atom stereocenters. The van der Waals surface area contributed by atoms with Crippen molar-refractivity contribution in [3.8, 4) is 0 Å². The van der Waals surface area contributed by atoms with Gasteiger partial charge in [0, 0.05) is 12.8 Å². The van der Waals surface area contributed by atoms with Gasteiger partial charge in [-0.3, -0.25) is 28.8 Å². The van der Waals surface area contributed by atoms with Gasteiger partial charge in [0.2, 0.25) is 0 Å². The molecule has 12 nitrogen and oxygen atoms in total. The third-order valence-corrected chi connectivity index (χ3v) is 10.9. The number of esters is 4. The Kier molecular flexibility index (Phi) is 26.0. The SMILES string of the molecule is CCCCCC=CC(CC(CCCCCCCC(=O)O)C1CC(=O)OC1=O)OOC(C=CCCCCC)CC(CCCCCCCC(=O)O)C1CC(=O)OC1=O. The van der Waals surface area contributed by atoms with Crippen LogP contribution in [-0.4, -0.2) is 58.2 Å². The van der Waals surface area contributed by atoms with Crippen molar-refractivity contribution in [3.63, 3.8) is 0 Å². The molecule has 0 bridgehead atoms. The van der Waals surface area contributed by atoms with Crippen molar-refractivity contribution in [1.82, 2.24) is 0 Å². The van der Waals surface area contributed by atoms with E-state index in [4.69, 9.17) is 29.5 Å². The van der Waals surface area contributed by atoms with Crippen LogP contribution in [0, 0.1) is 23.7 Å². The molecule has 0 aromatic rings. The number of cyclic esters (lactones) is 4. The first-order valence-corrected chi connectivity index (χ1v) is 21.6. The second-order valence-electron chi connectivity index (χ2n) is 15.7. The van der Waals surface area contributed by atoms with E-state index in [9.17, 15) is 28.8 Å². The van der Waals surface area contributed by atoms with E-state index in [0.29, 0.717) is 38.5 Å². The number of ether oxygens (including phenoxy) is 2. The summed E-state index contributed by atoms with van der Waals surface area (Å²) >= 11 is 0. The molecule has 0 aliphatic carbocycles. The van der Waals surface area contributed by atoms with Crippen molar-refractivity contribution in [2.75, 3.05) is 0 Å². The maximum Gasteiger partial charge on any atom is 0.317 e. The Morgan fingerprint density at radius 1 is 0.589 bits per heavy atom. The summed E-state index contributed by atoms with van der Waals surface area (Å²) < 4.78 is 9.95. The summed E-state index contributed by atoms with van der Waals surface area (Å²) in [7, 11) is 0. The van der Waals surface area contributed by atoms with Gasteiger partial charge in [0.05, 0.1) is 24.7 Å². The van der Waals surface area contributed by atoms with Crippen LogP contribution < -0.4 is 0 Å². The van der Waals surface area contributed by atoms with Gasteiger partial charge in [-0.05, 0) is 76.0 Å². The van der Waals surface area contributed by atoms with Crippen LogP contribution in [0.4, 0.5) is 0 Å². The predicted molar refractivity (Wildman–Crippen MR) is 211 cm³/mol. The molecule has 2 aliphatic heterocycles. The molecule has 2 heterocycles. The van der Waals surface area contributed by atoms with Crippen LogP contribution in [0.1, 0.15) is 181 Å². The molecule has 0 amide bonds. The molecule has 2 rings (SSSR count). The summed E-state index contributed by atoms with van der Waals surface area (Å²) in [5.41, 5.74) is 0. The number of carboxylic acid groups (broad SMARTS) is 2. The van der Waals surface area contributed by atoms with E-state index < -0.39 is 59.9 Å². The van der Waals surface area contributed by atoms with Gasteiger partial charge < -0.3 is 19.7 Å². The van der Waals surface area contributed by atoms with E-state index >= 15 is 0 Å². The lowest BCUT2D eigenvalue weighted by atomic mass is 9.82. The highest BCUT2D eigenvalue weighted by molar-refractivity contribution is 5.95. The van der Waals surface area contributed by atoms with Crippen molar-refractivity contribution in [2.45, 2.75) is 193 Å². The van der Waals surface area contributed by atoms with Crippen LogP contribution in [0.15, 0.2) is 24.3 Å². The Morgan fingerprint density at radius 2 is 0.964 bits per heavy atom. The number of aliphatic carboxylic acids is 2. The van der Waals surface area contributed by atoms with Gasteiger partial charge in [0.1, 0.15) is 12.2 Å². The highest BCUT2D eigenvalue weighted by Crippen LogP contribution is 2.35. The van der Waals surface area contributed by atoms with Gasteiger partial charge >= 0.3 is 35.8 Å². The van der Waals surface area contributed by atoms with E-state index in [1.54, 1.807) is 0 Å². The molecule has 2 aliphatic rings. The molecule has 318 valence electrons. The zero-order valence-electron chi connectivity index (χ0n) is 34.1. The third kappa shape index (κ3) is 21.8. The lowest BCUT2D eigenvalue weighted by Gasteiger charge is -2.27. The Labute approximate surface area is 334 Å². The second kappa shape index (κ2) is 29.8. The van der Waals surface area contributed by atoms with Gasteiger partial charge in [0.25, 0.3) is 0 Å². The molecule has 0 radical (unpaired) electrons. The average molecular weight is 791 g/mol. The number of hydrogen-bond acceptors (Lipinski definition) is 10. The van der Waals surface area contributed by atoms with Crippen LogP contribution in [-0.2, 0) is 48.0 Å². The molecular formula is C44H70O12. The molecule has 2 fully saturated rings. The molecule has 2 N–H and O–H groups in total. The smallest absolute Gasteiger partial charge is 0.317 e. The second-order valence-corrected chi connectivity index (χ2v) is 15.7. The van der Waals surface area contributed by atoms with Crippen LogP contribution in [0.2, 0.25) is 0 Å². The molecule has 0 aromatic heterocycles. The number of carboxylic acids is 2. The zero-order chi connectivity index (χ0) is 41.0. The lowest BCUT2D eigenvalue weighted by molar-refractivity contribution is -0.337. The van der Waals surface area contributed by atoms with Gasteiger partial charge in [-0.25, -0.2) is 9.78 Å². The van der Waals surface area contributed by atoms with Crippen molar-refractivity contribution < 1.29 is 58.2 Å². The molecular weight excluding hydrogens is 720 g/mol. The Hall–Kier alpha value is -3.38. The molecule has 2 saturated heterocycles. The highest BCUT2D eigenvalue weighted by Gasteiger charge is 2.41. The maximum atomic E-state index is 12.8. The maximum absolute atomic E-state index is 12.8. The van der Waals surface area contributed by atoms with Crippen LogP contribution in [0.3, 0.4) is 0 Å². The first-order valence-electron chi connectivity index (χ1n) is 21.6. The van der Waals surface area contributed by atoms with Crippen molar-refractivity contribution in [1.29, 1.82) is 0 Å². The number of unbranched alkanes of at least 4 members (excludes halogenated alkanes) is 14. The molecule has 6 unspecified atom stereocenters. The van der Waals surface area contributed by atoms with Crippen molar-refractivity contribution in [2.24, 2.45) is 23.7 Å². The van der Waals surface area contributed by atoms with Gasteiger partial charge in [-0.1, -0.05) is 115 Å². The van der Waals surface area contributed by atoms with Crippen molar-refractivity contribution in [3.05, 3.63) is 24.3 Å². The molecule has 0 saturated carbocycles. The number of carbonyl (C=O) groups is 6. The van der Waals surface area contributed by atoms with E-state index in [1.807, 2.05) is 12.2 Å². The predicted octanol–water partition coefficient (Wildman–Crippen LogP) is 9.77. The monoisotopic (exact) mass is 790 g/mol. The Morgan fingerprint density at radius 3 is 1.30 bits per heavy atom. The van der Waals surface area contributed by atoms with Gasteiger partial charge in [-0.15, -0.1) is 0 Å². The number of rotatable bonds is 35. The topological polar surface area (TPSA) is 180 Å². The summed E-state index contributed by atoms with van der Waals surface area (Å²) in [6.07, 6.45) is 25.8. The summed E-state index contributed by atoms with van der Waals surface area (Å²) in [5.74, 6) is -5.23. The zero-order valence-corrected chi connectivity index (χ0v) is 34.1.